The van der Waals surface area contributed by atoms with E-state index in [4.69, 9.17) is 4.74 Å². The van der Waals surface area contributed by atoms with Gasteiger partial charge in [-0.2, -0.15) is 0 Å². The zero-order valence-electron chi connectivity index (χ0n) is 17.1. The topological polar surface area (TPSA) is 71.0 Å². The number of methoxy groups -OCH3 is 1. The van der Waals surface area contributed by atoms with Gasteiger partial charge in [-0.05, 0) is 68.3 Å². The Morgan fingerprint density at radius 2 is 1.90 bits per heavy atom. The van der Waals surface area contributed by atoms with E-state index in [0.29, 0.717) is 23.1 Å². The summed E-state index contributed by atoms with van der Waals surface area (Å²) in [6.07, 6.45) is 0.146. The number of aliphatic imine (C=N–C) groups is 1. The van der Waals surface area contributed by atoms with Crippen molar-refractivity contribution in [3.05, 3.63) is 53.6 Å². The minimum atomic E-state index is -0.506. The highest BCUT2D eigenvalue weighted by Crippen LogP contribution is 2.31. The first-order chi connectivity index (χ1) is 13.9. The van der Waals surface area contributed by atoms with Crippen LogP contribution in [0.3, 0.4) is 0 Å². The smallest absolute Gasteiger partial charge is 0.247 e. The predicted molar refractivity (Wildman–Crippen MR) is 119 cm³/mol. The lowest BCUT2D eigenvalue weighted by Gasteiger charge is -2.16. The molecule has 0 spiro atoms. The fourth-order valence-corrected chi connectivity index (χ4v) is 4.11. The van der Waals surface area contributed by atoms with Crippen LogP contribution in [0.4, 0.5) is 11.4 Å². The third kappa shape index (κ3) is 4.79. The molecule has 0 aliphatic carbocycles. The molecule has 7 heteroatoms. The van der Waals surface area contributed by atoms with Gasteiger partial charge in [-0.25, -0.2) is 4.90 Å². The Morgan fingerprint density at radius 3 is 2.52 bits per heavy atom. The van der Waals surface area contributed by atoms with Crippen LogP contribution >= 0.6 is 11.8 Å². The molecule has 1 saturated heterocycles. The van der Waals surface area contributed by atoms with Crippen molar-refractivity contribution in [3.63, 3.8) is 0 Å². The second-order valence-corrected chi connectivity index (χ2v) is 7.97. The molecule has 29 heavy (non-hydrogen) atoms. The lowest BCUT2D eigenvalue weighted by molar-refractivity contribution is -0.121. The molecule has 2 amide bonds. The van der Waals surface area contributed by atoms with Gasteiger partial charge < -0.3 is 10.1 Å². The highest BCUT2D eigenvalue weighted by Gasteiger charge is 2.40. The van der Waals surface area contributed by atoms with Crippen molar-refractivity contribution in [2.45, 2.75) is 32.4 Å². The Hall–Kier alpha value is -2.80. The van der Waals surface area contributed by atoms with Crippen molar-refractivity contribution in [3.8, 4) is 5.75 Å². The Morgan fingerprint density at radius 1 is 1.17 bits per heavy atom. The fourth-order valence-electron chi connectivity index (χ4n) is 3.03. The summed E-state index contributed by atoms with van der Waals surface area (Å²) in [6.45, 7) is 6.63. The predicted octanol–water partition coefficient (Wildman–Crippen LogP) is 4.17. The normalized spacial score (nSPS) is 17.0. The van der Waals surface area contributed by atoms with Gasteiger partial charge in [0, 0.05) is 18.7 Å². The largest absolute Gasteiger partial charge is 0.497 e. The molecule has 1 aliphatic heterocycles. The van der Waals surface area contributed by atoms with E-state index in [1.54, 1.807) is 31.4 Å². The molecule has 0 saturated carbocycles. The summed E-state index contributed by atoms with van der Waals surface area (Å²) in [5.41, 5.74) is 3.86. The summed E-state index contributed by atoms with van der Waals surface area (Å²) in [5.74, 6) is 0.240. The number of amidine groups is 1. The van der Waals surface area contributed by atoms with Crippen LogP contribution in [0, 0.1) is 13.8 Å². The first-order valence-electron chi connectivity index (χ1n) is 9.49. The van der Waals surface area contributed by atoms with E-state index in [9.17, 15) is 9.59 Å². The van der Waals surface area contributed by atoms with Gasteiger partial charge in [-0.1, -0.05) is 17.8 Å². The van der Waals surface area contributed by atoms with Crippen LogP contribution in [0.25, 0.3) is 0 Å². The SMILES string of the molecule is CCN=C(Nc1ccc(C)c(C)c1)S[C@@H]1CC(=O)N(c2ccc(OC)cc2)C1=O. The van der Waals surface area contributed by atoms with Crippen LogP contribution in [0.1, 0.15) is 24.5 Å². The average molecular weight is 412 g/mol. The third-order valence-electron chi connectivity index (χ3n) is 4.75. The lowest BCUT2D eigenvalue weighted by atomic mass is 10.1. The summed E-state index contributed by atoms with van der Waals surface area (Å²) in [6, 6.07) is 13.0. The fraction of sp³-hybridized carbons (Fsp3) is 0.318. The number of rotatable bonds is 5. The minimum Gasteiger partial charge on any atom is -0.497 e. The molecule has 1 aliphatic rings. The Balaban J connectivity index is 1.74. The first kappa shape index (κ1) is 20.9. The van der Waals surface area contributed by atoms with Crippen LogP contribution < -0.4 is 15.0 Å². The molecule has 1 fully saturated rings. The van der Waals surface area contributed by atoms with E-state index in [-0.39, 0.29) is 18.2 Å². The monoisotopic (exact) mass is 411 g/mol. The van der Waals surface area contributed by atoms with Crippen molar-refractivity contribution in [2.24, 2.45) is 4.99 Å². The van der Waals surface area contributed by atoms with Gasteiger partial charge in [0.25, 0.3) is 0 Å². The standard InChI is InChI=1S/C22H25N3O3S/c1-5-23-22(24-16-7-6-14(2)15(3)12-16)29-19-13-20(26)25(21(19)27)17-8-10-18(28-4)11-9-17/h6-12,19H,5,13H2,1-4H3,(H,23,24)/t19-/m1/s1. The van der Waals surface area contributed by atoms with Gasteiger partial charge >= 0.3 is 0 Å². The van der Waals surface area contributed by atoms with Gasteiger partial charge in [-0.3, -0.25) is 14.6 Å². The van der Waals surface area contributed by atoms with Gasteiger partial charge in [-0.15, -0.1) is 0 Å². The van der Waals surface area contributed by atoms with Gasteiger partial charge in [0.1, 0.15) is 11.0 Å². The van der Waals surface area contributed by atoms with Gasteiger partial charge in [0.2, 0.25) is 11.8 Å². The van der Waals surface area contributed by atoms with Crippen LogP contribution in [-0.2, 0) is 9.59 Å². The summed E-state index contributed by atoms with van der Waals surface area (Å²) in [7, 11) is 1.57. The summed E-state index contributed by atoms with van der Waals surface area (Å²) < 4.78 is 5.14. The van der Waals surface area contributed by atoms with Crippen molar-refractivity contribution < 1.29 is 14.3 Å². The first-order valence-corrected chi connectivity index (χ1v) is 10.4. The van der Waals surface area contributed by atoms with Gasteiger partial charge in [0.05, 0.1) is 12.8 Å². The number of ether oxygens (including phenoxy) is 1. The number of hydrogen-bond donors (Lipinski definition) is 1. The molecule has 0 bridgehead atoms. The number of benzene rings is 2. The average Bonchev–Trinajstić information content (AvgIpc) is 2.98. The van der Waals surface area contributed by atoms with Crippen molar-refractivity contribution in [1.29, 1.82) is 0 Å². The highest BCUT2D eigenvalue weighted by atomic mass is 32.2. The molecular weight excluding hydrogens is 386 g/mol. The number of anilines is 2. The molecule has 1 N–H and O–H groups in total. The Labute approximate surface area is 175 Å². The van der Waals surface area contributed by atoms with Crippen LogP contribution in [-0.4, -0.2) is 35.9 Å². The molecule has 0 radical (unpaired) electrons. The van der Waals surface area contributed by atoms with E-state index >= 15 is 0 Å². The maximum absolute atomic E-state index is 12.9. The number of hydrogen-bond acceptors (Lipinski definition) is 5. The number of nitrogens with one attached hydrogen (secondary N) is 1. The number of imide groups is 1. The lowest BCUT2D eigenvalue weighted by Crippen LogP contribution is -2.31. The van der Waals surface area contributed by atoms with E-state index in [1.807, 2.05) is 25.1 Å². The van der Waals surface area contributed by atoms with E-state index in [2.05, 4.69) is 24.2 Å². The minimum absolute atomic E-state index is 0.146. The molecule has 1 atom stereocenters. The number of nitrogens with zero attached hydrogens (tertiary/aromatic N) is 2. The summed E-state index contributed by atoms with van der Waals surface area (Å²) in [4.78, 5) is 31.2. The molecule has 2 aromatic carbocycles. The molecule has 1 heterocycles. The number of thioether (sulfide) groups is 1. The van der Waals surface area contributed by atoms with E-state index in [1.165, 1.54) is 27.8 Å². The maximum atomic E-state index is 12.9. The third-order valence-corrected chi connectivity index (χ3v) is 5.86. The number of carbonyl (C=O) groups is 2. The molecule has 152 valence electrons. The Kier molecular flexibility index (Phi) is 6.59. The van der Waals surface area contributed by atoms with Gasteiger partial charge in [0.15, 0.2) is 5.17 Å². The van der Waals surface area contributed by atoms with Crippen molar-refractivity contribution in [2.75, 3.05) is 23.9 Å². The number of aryl methyl sites for hydroxylation is 2. The zero-order chi connectivity index (χ0) is 21.0. The zero-order valence-corrected chi connectivity index (χ0v) is 17.9. The summed E-state index contributed by atoms with van der Waals surface area (Å²) in [5, 5.41) is 3.43. The van der Waals surface area contributed by atoms with Crippen molar-refractivity contribution in [1.82, 2.24) is 0 Å². The molecule has 3 rings (SSSR count). The molecule has 6 nitrogen and oxygen atoms in total. The quantitative estimate of drug-likeness (QED) is 0.454. The number of amides is 2. The molecular formula is C22H25N3O3S. The van der Waals surface area contributed by atoms with Crippen LogP contribution in [0.15, 0.2) is 47.5 Å². The van der Waals surface area contributed by atoms with E-state index < -0.39 is 5.25 Å². The molecule has 0 unspecified atom stereocenters. The molecule has 0 aromatic heterocycles. The maximum Gasteiger partial charge on any atom is 0.247 e. The summed E-state index contributed by atoms with van der Waals surface area (Å²) >= 11 is 1.30. The van der Waals surface area contributed by atoms with Crippen molar-refractivity contribution >= 4 is 40.1 Å². The highest BCUT2D eigenvalue weighted by molar-refractivity contribution is 8.15. The van der Waals surface area contributed by atoms with E-state index in [0.717, 1.165) is 5.69 Å². The second-order valence-electron chi connectivity index (χ2n) is 6.78. The Bertz CT molecular complexity index is 941. The number of carbonyl (C=O) groups excluding carboxylic acids is 2. The van der Waals surface area contributed by atoms with Crippen LogP contribution in [0.5, 0.6) is 5.75 Å². The van der Waals surface area contributed by atoms with Crippen LogP contribution in [0.2, 0.25) is 0 Å². The molecule has 2 aromatic rings. The second kappa shape index (κ2) is 9.13.